The van der Waals surface area contributed by atoms with E-state index in [-0.39, 0.29) is 24.8 Å². The van der Waals surface area contributed by atoms with Crippen molar-refractivity contribution in [2.45, 2.75) is 52.3 Å². The van der Waals surface area contributed by atoms with Crippen LogP contribution in [-0.4, -0.2) is 6.10 Å². The minimum Gasteiger partial charge on any atom is -0.490 e. The zero-order chi connectivity index (χ0) is 14.8. The van der Waals surface area contributed by atoms with Gasteiger partial charge >= 0.3 is 6.18 Å². The van der Waals surface area contributed by atoms with Crippen molar-refractivity contribution in [1.82, 2.24) is 0 Å². The average Bonchev–Trinajstić information content (AvgIpc) is 2.40. The van der Waals surface area contributed by atoms with E-state index >= 15 is 0 Å². The predicted octanol–water partition coefficient (Wildman–Crippen LogP) is 5.17. The molecule has 0 N–H and O–H groups in total. The van der Waals surface area contributed by atoms with Gasteiger partial charge in [0.25, 0.3) is 0 Å². The normalized spacial score (nSPS) is 22.0. The lowest BCUT2D eigenvalue weighted by molar-refractivity contribution is -0.137. The van der Waals surface area contributed by atoms with Gasteiger partial charge in [-0.15, -0.1) is 0 Å². The standard InChI is InChI=1S/C15H16F3NO.CH4/c1-10-4-2-3-5-14(10)20-12-7-6-11(9-19)13(8-12)15(16,17)18;/h6-8,10,14H,2-5H2,1H3;1H4/t10-,14+;/m1./s1. The van der Waals surface area contributed by atoms with Crippen LogP contribution in [0.4, 0.5) is 13.2 Å². The third-order valence-corrected chi connectivity index (χ3v) is 3.74. The van der Waals surface area contributed by atoms with Gasteiger partial charge in [0.05, 0.1) is 17.2 Å². The van der Waals surface area contributed by atoms with Crippen LogP contribution in [0.1, 0.15) is 51.2 Å². The number of nitrogens with zero attached hydrogens (tertiary/aromatic N) is 1. The highest BCUT2D eigenvalue weighted by molar-refractivity contribution is 5.44. The van der Waals surface area contributed by atoms with Gasteiger partial charge in [-0.3, -0.25) is 0 Å². The number of nitriles is 1. The van der Waals surface area contributed by atoms with Gasteiger partial charge in [0.15, 0.2) is 0 Å². The third kappa shape index (κ3) is 4.13. The van der Waals surface area contributed by atoms with E-state index in [2.05, 4.69) is 6.92 Å². The van der Waals surface area contributed by atoms with Crippen molar-refractivity contribution in [2.24, 2.45) is 5.92 Å². The molecule has 0 amide bonds. The minimum atomic E-state index is -4.54. The topological polar surface area (TPSA) is 33.0 Å². The van der Waals surface area contributed by atoms with Crippen molar-refractivity contribution in [3.63, 3.8) is 0 Å². The molecule has 1 fully saturated rings. The molecule has 2 rings (SSSR count). The van der Waals surface area contributed by atoms with Crippen LogP contribution in [0.5, 0.6) is 5.75 Å². The second-order valence-electron chi connectivity index (χ2n) is 5.23. The molecule has 116 valence electrons. The summed E-state index contributed by atoms with van der Waals surface area (Å²) in [6.07, 6.45) is -0.504. The Morgan fingerprint density at radius 1 is 1.24 bits per heavy atom. The fourth-order valence-corrected chi connectivity index (χ4v) is 2.56. The molecule has 2 atom stereocenters. The lowest BCUT2D eigenvalue weighted by Crippen LogP contribution is -2.28. The van der Waals surface area contributed by atoms with Crippen molar-refractivity contribution < 1.29 is 17.9 Å². The second kappa shape index (κ2) is 6.84. The quantitative estimate of drug-likeness (QED) is 0.754. The lowest BCUT2D eigenvalue weighted by Gasteiger charge is -2.29. The monoisotopic (exact) mass is 299 g/mol. The van der Waals surface area contributed by atoms with Crippen molar-refractivity contribution in [3.05, 3.63) is 29.3 Å². The molecule has 0 saturated heterocycles. The number of benzene rings is 1. The maximum Gasteiger partial charge on any atom is 0.417 e. The summed E-state index contributed by atoms with van der Waals surface area (Å²) in [4.78, 5) is 0. The summed E-state index contributed by atoms with van der Waals surface area (Å²) < 4.78 is 44.3. The van der Waals surface area contributed by atoms with E-state index in [9.17, 15) is 13.2 Å². The number of rotatable bonds is 2. The molecule has 21 heavy (non-hydrogen) atoms. The molecule has 0 spiro atoms. The molecule has 1 saturated carbocycles. The highest BCUT2D eigenvalue weighted by Gasteiger charge is 2.34. The fraction of sp³-hybridized carbons (Fsp3) is 0.562. The molecule has 1 aromatic carbocycles. The minimum absolute atomic E-state index is 0. The fourth-order valence-electron chi connectivity index (χ4n) is 2.56. The van der Waals surface area contributed by atoms with E-state index in [4.69, 9.17) is 10.00 Å². The zero-order valence-electron chi connectivity index (χ0n) is 11.2. The molecule has 0 heterocycles. The van der Waals surface area contributed by atoms with Crippen LogP contribution < -0.4 is 4.74 Å². The number of hydrogen-bond donors (Lipinski definition) is 0. The molecule has 0 unspecified atom stereocenters. The molecule has 1 aromatic rings. The first-order chi connectivity index (χ1) is 9.41. The van der Waals surface area contributed by atoms with Gasteiger partial charge in [0, 0.05) is 0 Å². The molecule has 0 bridgehead atoms. The number of halogens is 3. The van der Waals surface area contributed by atoms with Gasteiger partial charge in [-0.1, -0.05) is 20.8 Å². The Bertz CT molecular complexity index is 519. The number of hydrogen-bond acceptors (Lipinski definition) is 2. The molecule has 5 heteroatoms. The van der Waals surface area contributed by atoms with Crippen LogP contribution in [0.15, 0.2) is 18.2 Å². The summed E-state index contributed by atoms with van der Waals surface area (Å²) in [7, 11) is 0. The van der Waals surface area contributed by atoms with Crippen LogP contribution >= 0.6 is 0 Å². The molecular weight excluding hydrogens is 279 g/mol. The van der Waals surface area contributed by atoms with Crippen LogP contribution in [0.25, 0.3) is 0 Å². The summed E-state index contributed by atoms with van der Waals surface area (Å²) in [6, 6.07) is 5.11. The van der Waals surface area contributed by atoms with Crippen molar-refractivity contribution in [2.75, 3.05) is 0 Å². The SMILES string of the molecule is C.C[C@@H]1CCCC[C@@H]1Oc1ccc(C#N)c(C(F)(F)F)c1. The van der Waals surface area contributed by atoms with E-state index < -0.39 is 11.7 Å². The van der Waals surface area contributed by atoms with E-state index in [0.29, 0.717) is 5.92 Å². The summed E-state index contributed by atoms with van der Waals surface area (Å²) in [6.45, 7) is 2.05. The molecule has 0 radical (unpaired) electrons. The number of ether oxygens (including phenoxy) is 1. The van der Waals surface area contributed by atoms with Gasteiger partial charge in [-0.05, 0) is 43.4 Å². The molecular formula is C16H20F3NO. The third-order valence-electron chi connectivity index (χ3n) is 3.74. The van der Waals surface area contributed by atoms with Crippen LogP contribution in [-0.2, 0) is 6.18 Å². The molecule has 2 nitrogen and oxygen atoms in total. The molecule has 0 aromatic heterocycles. The van der Waals surface area contributed by atoms with Gasteiger partial charge in [0.1, 0.15) is 11.9 Å². The first-order valence-electron chi connectivity index (χ1n) is 6.70. The van der Waals surface area contributed by atoms with E-state index in [1.807, 2.05) is 0 Å². The summed E-state index contributed by atoms with van der Waals surface area (Å²) in [5, 5.41) is 8.75. The number of alkyl halides is 3. The first kappa shape index (κ1) is 17.4. The highest BCUT2D eigenvalue weighted by Crippen LogP contribution is 2.35. The van der Waals surface area contributed by atoms with Gasteiger partial charge in [-0.25, -0.2) is 0 Å². The lowest BCUT2D eigenvalue weighted by atomic mass is 9.88. The smallest absolute Gasteiger partial charge is 0.417 e. The van der Waals surface area contributed by atoms with Crippen molar-refractivity contribution >= 4 is 0 Å². The van der Waals surface area contributed by atoms with Gasteiger partial charge in [-0.2, -0.15) is 18.4 Å². The average molecular weight is 299 g/mol. The molecule has 1 aliphatic carbocycles. The molecule has 1 aliphatic rings. The first-order valence-corrected chi connectivity index (χ1v) is 6.70. The Morgan fingerprint density at radius 3 is 2.48 bits per heavy atom. The predicted molar refractivity (Wildman–Crippen MR) is 74.9 cm³/mol. The van der Waals surface area contributed by atoms with E-state index in [0.717, 1.165) is 31.7 Å². The van der Waals surface area contributed by atoms with E-state index in [1.54, 1.807) is 6.07 Å². The Kier molecular flexibility index (Phi) is 5.65. The molecule has 0 aliphatic heterocycles. The van der Waals surface area contributed by atoms with Crippen LogP contribution in [0.3, 0.4) is 0 Å². The second-order valence-corrected chi connectivity index (χ2v) is 5.23. The van der Waals surface area contributed by atoms with Gasteiger partial charge < -0.3 is 4.74 Å². The Morgan fingerprint density at radius 2 is 1.90 bits per heavy atom. The van der Waals surface area contributed by atoms with Crippen LogP contribution in [0.2, 0.25) is 0 Å². The summed E-state index contributed by atoms with van der Waals surface area (Å²) in [5.41, 5.74) is -1.30. The summed E-state index contributed by atoms with van der Waals surface area (Å²) >= 11 is 0. The largest absolute Gasteiger partial charge is 0.490 e. The maximum absolute atomic E-state index is 12.9. The van der Waals surface area contributed by atoms with Crippen LogP contribution in [0, 0.1) is 17.2 Å². The van der Waals surface area contributed by atoms with Crippen molar-refractivity contribution in [3.8, 4) is 11.8 Å². The van der Waals surface area contributed by atoms with Gasteiger partial charge in [0.2, 0.25) is 0 Å². The Hall–Kier alpha value is -1.70. The van der Waals surface area contributed by atoms with Crippen molar-refractivity contribution in [1.29, 1.82) is 5.26 Å². The zero-order valence-corrected chi connectivity index (χ0v) is 11.2. The van der Waals surface area contributed by atoms with E-state index in [1.165, 1.54) is 12.1 Å². The highest BCUT2D eigenvalue weighted by atomic mass is 19.4. The maximum atomic E-state index is 12.9. The Balaban J connectivity index is 0.00000220. The Labute approximate surface area is 123 Å². The summed E-state index contributed by atoms with van der Waals surface area (Å²) in [5.74, 6) is 0.531.